The molecule has 3 N–H and O–H groups in total. The Hall–Kier alpha value is -3.29. The van der Waals surface area contributed by atoms with E-state index in [1.54, 1.807) is 6.07 Å². The van der Waals surface area contributed by atoms with Crippen LogP contribution in [0.15, 0.2) is 53.1 Å². The average Bonchev–Trinajstić information content (AvgIpc) is 3.23. The molecule has 2 atom stereocenters. The highest BCUT2D eigenvalue weighted by molar-refractivity contribution is 5.94. The molecule has 2 rings (SSSR count). The van der Waals surface area contributed by atoms with Crippen LogP contribution in [0.5, 0.6) is 0 Å². The van der Waals surface area contributed by atoms with E-state index in [9.17, 15) is 14.4 Å². The topological polar surface area (TPSA) is 110 Å². The third kappa shape index (κ3) is 6.18. The van der Waals surface area contributed by atoms with Crippen molar-refractivity contribution in [3.05, 3.63) is 60.1 Å². The molecule has 0 spiro atoms. The molecule has 1 heterocycles. The summed E-state index contributed by atoms with van der Waals surface area (Å²) in [5.41, 5.74) is 5.38. The van der Waals surface area contributed by atoms with Crippen molar-refractivity contribution in [1.29, 1.82) is 0 Å². The minimum absolute atomic E-state index is 0.0608. The van der Waals surface area contributed by atoms with Crippen molar-refractivity contribution < 1.29 is 23.5 Å². The van der Waals surface area contributed by atoms with Gasteiger partial charge in [-0.25, -0.2) is 4.79 Å². The highest BCUT2D eigenvalue weighted by Crippen LogP contribution is 2.09. The number of carbonyl (C=O) groups is 3. The minimum atomic E-state index is -0.866. The van der Waals surface area contributed by atoms with Crippen molar-refractivity contribution in [2.45, 2.75) is 32.9 Å². The summed E-state index contributed by atoms with van der Waals surface area (Å²) in [6, 6.07) is 11.4. The van der Waals surface area contributed by atoms with Gasteiger partial charge in [0, 0.05) is 0 Å². The number of benzene rings is 1. The first-order valence-electron chi connectivity index (χ1n) is 8.62. The van der Waals surface area contributed by atoms with Crippen molar-refractivity contribution in [2.24, 2.45) is 5.92 Å². The van der Waals surface area contributed by atoms with E-state index >= 15 is 0 Å². The summed E-state index contributed by atoms with van der Waals surface area (Å²) < 4.78 is 10.1. The number of hydrogen-bond donors (Lipinski definition) is 3. The van der Waals surface area contributed by atoms with Crippen molar-refractivity contribution in [3.8, 4) is 0 Å². The lowest BCUT2D eigenvalue weighted by Gasteiger charge is -2.23. The third-order valence-electron chi connectivity index (χ3n) is 4.03. The number of carbonyl (C=O) groups excluding carboxylic acids is 3. The van der Waals surface area contributed by atoms with Crippen LogP contribution < -0.4 is 16.2 Å². The summed E-state index contributed by atoms with van der Waals surface area (Å²) in [4.78, 5) is 36.3. The molecule has 1 aromatic heterocycles. The van der Waals surface area contributed by atoms with Crippen LogP contribution in [0.25, 0.3) is 0 Å². The number of hydrogen-bond acceptors (Lipinski definition) is 5. The van der Waals surface area contributed by atoms with Gasteiger partial charge in [0.2, 0.25) is 0 Å². The summed E-state index contributed by atoms with van der Waals surface area (Å²) >= 11 is 0. The molecule has 0 aliphatic rings. The van der Waals surface area contributed by atoms with Gasteiger partial charge >= 0.3 is 12.0 Å². The Morgan fingerprint density at radius 3 is 2.44 bits per heavy atom. The summed E-state index contributed by atoms with van der Waals surface area (Å²) in [5.74, 6) is -1.26. The van der Waals surface area contributed by atoms with E-state index in [1.807, 2.05) is 44.2 Å². The second kappa shape index (κ2) is 10.0. The molecule has 2 aromatic rings. The van der Waals surface area contributed by atoms with E-state index in [-0.39, 0.29) is 18.3 Å². The van der Waals surface area contributed by atoms with Gasteiger partial charge in [-0.05, 0) is 23.6 Å². The molecular weight excluding hydrogens is 350 g/mol. The highest BCUT2D eigenvalue weighted by Gasteiger charge is 2.27. The van der Waals surface area contributed by atoms with Crippen LogP contribution in [0.1, 0.15) is 36.4 Å². The maximum Gasteiger partial charge on any atom is 0.408 e. The second-order valence-electron chi connectivity index (χ2n) is 5.99. The number of amides is 3. The smallest absolute Gasteiger partial charge is 0.408 e. The van der Waals surface area contributed by atoms with Gasteiger partial charge in [0.1, 0.15) is 12.6 Å². The fourth-order valence-corrected chi connectivity index (χ4v) is 2.26. The number of furan rings is 1. The molecule has 8 nitrogen and oxygen atoms in total. The molecule has 27 heavy (non-hydrogen) atoms. The first kappa shape index (κ1) is 20.0. The van der Waals surface area contributed by atoms with Gasteiger partial charge in [0.05, 0.1) is 6.26 Å². The molecular formula is C19H23N3O5. The quantitative estimate of drug-likeness (QED) is 0.646. The zero-order valence-corrected chi connectivity index (χ0v) is 15.2. The fraction of sp³-hybridized carbons (Fsp3) is 0.316. The standard InChI is InChI=1S/C19H23N3O5/c1-3-13(2)16(18(24)22-21-17(23)15-10-7-11-26-15)20-19(25)27-12-14-8-5-4-6-9-14/h4-11,13,16H,3,12H2,1-2H3,(H,20,25)(H,21,23)(H,22,24)/t13-,16-/m0/s1. The SMILES string of the molecule is CC[C@H](C)[C@H](NC(=O)OCc1ccccc1)C(=O)NNC(=O)c1ccco1. The minimum Gasteiger partial charge on any atom is -0.459 e. The Morgan fingerprint density at radius 2 is 1.81 bits per heavy atom. The lowest BCUT2D eigenvalue weighted by Crippen LogP contribution is -2.54. The monoisotopic (exact) mass is 373 g/mol. The Morgan fingerprint density at radius 1 is 1.07 bits per heavy atom. The number of alkyl carbamates (subject to hydrolysis) is 1. The van der Waals surface area contributed by atoms with Crippen LogP contribution in [0.3, 0.4) is 0 Å². The normalized spacial score (nSPS) is 12.5. The predicted octanol–water partition coefficient (Wildman–Crippen LogP) is 2.38. The van der Waals surface area contributed by atoms with Crippen LogP contribution in [-0.2, 0) is 16.1 Å². The van der Waals surface area contributed by atoms with Crippen molar-refractivity contribution in [1.82, 2.24) is 16.2 Å². The summed E-state index contributed by atoms with van der Waals surface area (Å²) in [7, 11) is 0. The number of ether oxygens (including phenoxy) is 1. The summed E-state index contributed by atoms with van der Waals surface area (Å²) in [6.45, 7) is 3.80. The first-order valence-corrected chi connectivity index (χ1v) is 8.62. The van der Waals surface area contributed by atoms with Crippen molar-refractivity contribution >= 4 is 17.9 Å². The van der Waals surface area contributed by atoms with Gasteiger partial charge in [-0.1, -0.05) is 50.6 Å². The lowest BCUT2D eigenvalue weighted by atomic mass is 9.99. The molecule has 3 amide bonds. The number of hydrazine groups is 1. The van der Waals surface area contributed by atoms with E-state index in [0.717, 1.165) is 5.56 Å². The zero-order chi connectivity index (χ0) is 19.6. The van der Waals surface area contributed by atoms with Gasteiger partial charge in [-0.3, -0.25) is 20.4 Å². The molecule has 0 bridgehead atoms. The summed E-state index contributed by atoms with van der Waals surface area (Å²) in [6.07, 6.45) is 1.28. The third-order valence-corrected chi connectivity index (χ3v) is 4.03. The van der Waals surface area contributed by atoms with E-state index in [2.05, 4.69) is 16.2 Å². The fourth-order valence-electron chi connectivity index (χ4n) is 2.26. The predicted molar refractivity (Wildman–Crippen MR) is 97.3 cm³/mol. The molecule has 0 radical (unpaired) electrons. The van der Waals surface area contributed by atoms with Crippen molar-refractivity contribution in [3.63, 3.8) is 0 Å². The van der Waals surface area contributed by atoms with Crippen LogP contribution >= 0.6 is 0 Å². The molecule has 0 aliphatic carbocycles. The largest absolute Gasteiger partial charge is 0.459 e. The van der Waals surface area contributed by atoms with Crippen LogP contribution in [-0.4, -0.2) is 23.9 Å². The molecule has 0 saturated heterocycles. The van der Waals surface area contributed by atoms with Gasteiger partial charge < -0.3 is 14.5 Å². The zero-order valence-electron chi connectivity index (χ0n) is 15.2. The van der Waals surface area contributed by atoms with E-state index in [4.69, 9.17) is 9.15 Å². The molecule has 0 fully saturated rings. The van der Waals surface area contributed by atoms with Gasteiger partial charge in [0.25, 0.3) is 5.91 Å². The Bertz CT molecular complexity index is 746. The average molecular weight is 373 g/mol. The number of nitrogens with one attached hydrogen (secondary N) is 3. The Kier molecular flexibility index (Phi) is 7.42. The van der Waals surface area contributed by atoms with Gasteiger partial charge in [0.15, 0.2) is 5.76 Å². The van der Waals surface area contributed by atoms with E-state index in [0.29, 0.717) is 6.42 Å². The maximum absolute atomic E-state index is 12.4. The Balaban J connectivity index is 1.88. The van der Waals surface area contributed by atoms with Crippen LogP contribution in [0.4, 0.5) is 4.79 Å². The van der Waals surface area contributed by atoms with Crippen LogP contribution in [0, 0.1) is 5.92 Å². The summed E-state index contributed by atoms with van der Waals surface area (Å²) in [5, 5.41) is 2.55. The molecule has 1 aromatic carbocycles. The molecule has 0 unspecified atom stereocenters. The number of rotatable bonds is 7. The van der Waals surface area contributed by atoms with Crippen molar-refractivity contribution in [2.75, 3.05) is 0 Å². The molecule has 8 heteroatoms. The van der Waals surface area contributed by atoms with E-state index in [1.165, 1.54) is 12.3 Å². The second-order valence-corrected chi connectivity index (χ2v) is 5.99. The van der Waals surface area contributed by atoms with Gasteiger partial charge in [-0.2, -0.15) is 0 Å². The van der Waals surface area contributed by atoms with Gasteiger partial charge in [-0.15, -0.1) is 0 Å². The highest BCUT2D eigenvalue weighted by atomic mass is 16.5. The van der Waals surface area contributed by atoms with Crippen LogP contribution in [0.2, 0.25) is 0 Å². The van der Waals surface area contributed by atoms with E-state index < -0.39 is 23.9 Å². The molecule has 0 aliphatic heterocycles. The molecule has 0 saturated carbocycles. The first-order chi connectivity index (χ1) is 13.0. The maximum atomic E-state index is 12.4. The molecule has 144 valence electrons. The Labute approximate surface area is 157 Å². The lowest BCUT2D eigenvalue weighted by molar-refractivity contribution is -0.125.